The number of carbonyl (C=O) groups is 1. The van der Waals surface area contributed by atoms with Gasteiger partial charge in [0.25, 0.3) is 0 Å². The van der Waals surface area contributed by atoms with Crippen LogP contribution >= 0.6 is 0 Å². The van der Waals surface area contributed by atoms with Gasteiger partial charge in [-0.1, -0.05) is 5.16 Å². The van der Waals surface area contributed by atoms with Crippen LogP contribution in [0, 0.1) is 0 Å². The Kier molecular flexibility index (Phi) is 1.66. The number of aromatic nitrogens is 1. The van der Waals surface area contributed by atoms with Crippen molar-refractivity contribution in [3.63, 3.8) is 0 Å². The van der Waals surface area contributed by atoms with Crippen molar-refractivity contribution in [2.24, 2.45) is 0 Å². The Labute approximate surface area is 55.2 Å². The van der Waals surface area contributed by atoms with E-state index < -0.39 is 12.6 Å². The van der Waals surface area contributed by atoms with E-state index in [9.17, 15) is 9.18 Å². The molecule has 0 aromatic carbocycles. The van der Waals surface area contributed by atoms with Crippen molar-refractivity contribution >= 4 is 5.97 Å². The molecule has 0 aliphatic carbocycles. The average molecular weight is 145 g/mol. The van der Waals surface area contributed by atoms with E-state index in [1.165, 1.54) is 0 Å². The maximum atomic E-state index is 11.7. The van der Waals surface area contributed by atoms with Gasteiger partial charge in [0.15, 0.2) is 0 Å². The lowest BCUT2D eigenvalue weighted by Crippen LogP contribution is -1.91. The Morgan fingerprint density at radius 3 is 2.90 bits per heavy atom. The molecule has 0 radical (unpaired) electrons. The smallest absolute Gasteiger partial charge is 0.374 e. The van der Waals surface area contributed by atoms with E-state index in [0.717, 1.165) is 6.07 Å². The van der Waals surface area contributed by atoms with Crippen molar-refractivity contribution < 1.29 is 18.8 Å². The summed E-state index contributed by atoms with van der Waals surface area (Å²) >= 11 is 0. The molecule has 5 heteroatoms. The SMILES string of the molecule is O=C(O)c1cc(CF)no1. The van der Waals surface area contributed by atoms with Crippen LogP contribution in [0.2, 0.25) is 0 Å². The highest BCUT2D eigenvalue weighted by Gasteiger charge is 2.09. The first-order chi connectivity index (χ1) is 4.74. The number of nitrogens with zero attached hydrogens (tertiary/aromatic N) is 1. The second-order valence-electron chi connectivity index (χ2n) is 1.62. The Morgan fingerprint density at radius 1 is 1.90 bits per heavy atom. The molecule has 1 rings (SSSR count). The topological polar surface area (TPSA) is 63.3 Å². The van der Waals surface area contributed by atoms with E-state index in [1.54, 1.807) is 0 Å². The first kappa shape index (κ1) is 6.73. The summed E-state index contributed by atoms with van der Waals surface area (Å²) in [5.41, 5.74) is -0.00241. The lowest BCUT2D eigenvalue weighted by molar-refractivity contribution is 0.0652. The summed E-state index contributed by atoms with van der Waals surface area (Å²) < 4.78 is 15.9. The van der Waals surface area contributed by atoms with Crippen LogP contribution in [0.25, 0.3) is 0 Å². The van der Waals surface area contributed by atoms with E-state index >= 15 is 0 Å². The summed E-state index contributed by atoms with van der Waals surface area (Å²) in [6.45, 7) is -0.809. The Balaban J connectivity index is 2.88. The second-order valence-corrected chi connectivity index (χ2v) is 1.62. The van der Waals surface area contributed by atoms with Gasteiger partial charge in [-0.3, -0.25) is 0 Å². The summed E-state index contributed by atoms with van der Waals surface area (Å²) in [5.74, 6) is -1.58. The zero-order valence-electron chi connectivity index (χ0n) is 4.87. The van der Waals surface area contributed by atoms with Crippen molar-refractivity contribution in [1.29, 1.82) is 0 Å². The molecule has 10 heavy (non-hydrogen) atoms. The van der Waals surface area contributed by atoms with Crippen LogP contribution in [0.1, 0.15) is 16.2 Å². The molecular formula is C5H4FNO3. The van der Waals surface area contributed by atoms with Crippen molar-refractivity contribution in [2.75, 3.05) is 0 Å². The van der Waals surface area contributed by atoms with Gasteiger partial charge in [0.05, 0.1) is 0 Å². The number of carboxylic acid groups (broad SMARTS) is 1. The van der Waals surface area contributed by atoms with Gasteiger partial charge in [-0.05, 0) is 0 Å². The van der Waals surface area contributed by atoms with Crippen molar-refractivity contribution in [2.45, 2.75) is 6.67 Å². The van der Waals surface area contributed by atoms with Crippen LogP contribution in [0.4, 0.5) is 4.39 Å². The van der Waals surface area contributed by atoms with Gasteiger partial charge in [0.1, 0.15) is 12.4 Å². The zero-order chi connectivity index (χ0) is 7.56. The minimum absolute atomic E-state index is 0.00241. The molecular weight excluding hydrogens is 141 g/mol. The van der Waals surface area contributed by atoms with Crippen molar-refractivity contribution in [1.82, 2.24) is 5.16 Å². The highest BCUT2D eigenvalue weighted by Crippen LogP contribution is 2.03. The third-order valence-corrected chi connectivity index (χ3v) is 0.907. The molecule has 1 aromatic heterocycles. The Bertz CT molecular complexity index is 245. The molecule has 0 aliphatic rings. The lowest BCUT2D eigenvalue weighted by Gasteiger charge is -1.77. The monoisotopic (exact) mass is 145 g/mol. The number of rotatable bonds is 2. The average Bonchev–Trinajstić information content (AvgIpc) is 2.34. The van der Waals surface area contributed by atoms with Crippen molar-refractivity contribution in [3.05, 3.63) is 17.5 Å². The Morgan fingerprint density at radius 2 is 2.60 bits per heavy atom. The van der Waals surface area contributed by atoms with Gasteiger partial charge in [-0.15, -0.1) is 0 Å². The summed E-state index contributed by atoms with van der Waals surface area (Å²) in [7, 11) is 0. The molecule has 0 unspecified atom stereocenters. The van der Waals surface area contributed by atoms with Gasteiger partial charge >= 0.3 is 5.97 Å². The lowest BCUT2D eigenvalue weighted by atomic mass is 10.4. The van der Waals surface area contributed by atoms with Crippen LogP contribution < -0.4 is 0 Å². The number of alkyl halides is 1. The third-order valence-electron chi connectivity index (χ3n) is 0.907. The largest absolute Gasteiger partial charge is 0.475 e. The van der Waals surface area contributed by atoms with Crippen LogP contribution in [0.3, 0.4) is 0 Å². The van der Waals surface area contributed by atoms with Gasteiger partial charge < -0.3 is 9.63 Å². The quantitative estimate of drug-likeness (QED) is 0.669. The summed E-state index contributed by atoms with van der Waals surface area (Å²) in [6, 6.07) is 1.04. The first-order valence-corrected chi connectivity index (χ1v) is 2.49. The molecule has 0 amide bonds. The molecule has 1 heterocycles. The van der Waals surface area contributed by atoms with E-state index in [2.05, 4.69) is 9.68 Å². The van der Waals surface area contributed by atoms with E-state index in [4.69, 9.17) is 5.11 Å². The standard InChI is InChI=1S/C5H4FNO3/c6-2-3-1-4(5(8)9)10-7-3/h1H,2H2,(H,8,9). The Hall–Kier alpha value is -1.39. The second kappa shape index (κ2) is 2.47. The molecule has 0 aliphatic heterocycles. The maximum absolute atomic E-state index is 11.7. The molecule has 1 N–H and O–H groups in total. The fourth-order valence-electron chi connectivity index (χ4n) is 0.476. The molecule has 1 aromatic rings. The number of aromatic carboxylic acids is 1. The normalized spacial score (nSPS) is 9.70. The fourth-order valence-corrected chi connectivity index (χ4v) is 0.476. The van der Waals surface area contributed by atoms with Crippen LogP contribution in [0.15, 0.2) is 10.6 Å². The van der Waals surface area contributed by atoms with Crippen LogP contribution in [-0.2, 0) is 6.67 Å². The van der Waals surface area contributed by atoms with E-state index in [0.29, 0.717) is 0 Å². The molecule has 0 saturated heterocycles. The molecule has 4 nitrogen and oxygen atoms in total. The van der Waals surface area contributed by atoms with E-state index in [-0.39, 0.29) is 11.5 Å². The van der Waals surface area contributed by atoms with Gasteiger partial charge in [0, 0.05) is 6.07 Å². The predicted octanol–water partition coefficient (Wildman–Crippen LogP) is 0.842. The minimum atomic E-state index is -1.24. The predicted molar refractivity (Wildman–Crippen MR) is 28.3 cm³/mol. The molecule has 54 valence electrons. The summed E-state index contributed by atoms with van der Waals surface area (Å²) in [4.78, 5) is 10.1. The number of hydrogen-bond donors (Lipinski definition) is 1. The van der Waals surface area contributed by atoms with Gasteiger partial charge in [-0.25, -0.2) is 9.18 Å². The number of hydrogen-bond acceptors (Lipinski definition) is 3. The highest BCUT2D eigenvalue weighted by atomic mass is 19.1. The molecule has 0 fully saturated rings. The van der Waals surface area contributed by atoms with Crippen LogP contribution in [0.5, 0.6) is 0 Å². The van der Waals surface area contributed by atoms with Gasteiger partial charge in [-0.2, -0.15) is 0 Å². The maximum Gasteiger partial charge on any atom is 0.374 e. The zero-order valence-corrected chi connectivity index (χ0v) is 4.87. The van der Waals surface area contributed by atoms with Crippen LogP contribution in [-0.4, -0.2) is 16.2 Å². The van der Waals surface area contributed by atoms with Gasteiger partial charge in [0.2, 0.25) is 5.76 Å². The molecule has 0 bridgehead atoms. The third kappa shape index (κ3) is 1.12. The number of halogens is 1. The summed E-state index contributed by atoms with van der Waals surface area (Å²) in [6.07, 6.45) is 0. The van der Waals surface area contributed by atoms with E-state index in [1.807, 2.05) is 0 Å². The molecule has 0 saturated carbocycles. The first-order valence-electron chi connectivity index (χ1n) is 2.49. The number of carboxylic acids is 1. The molecule has 0 spiro atoms. The fraction of sp³-hybridized carbons (Fsp3) is 0.200. The minimum Gasteiger partial charge on any atom is -0.475 e. The van der Waals surface area contributed by atoms with Crippen molar-refractivity contribution in [3.8, 4) is 0 Å². The highest BCUT2D eigenvalue weighted by molar-refractivity contribution is 5.84. The molecule has 0 atom stereocenters. The summed E-state index contributed by atoms with van der Waals surface area (Å²) in [5, 5.41) is 11.4.